The van der Waals surface area contributed by atoms with Gasteiger partial charge in [-0.1, -0.05) is 200 Å². The van der Waals surface area contributed by atoms with Crippen LogP contribution in [0, 0.1) is 140 Å². The molecule has 0 aliphatic heterocycles. The van der Waals surface area contributed by atoms with Crippen molar-refractivity contribution in [2.75, 3.05) is 0 Å². The molecular weight excluding hydrogens is 1440 g/mol. The first-order chi connectivity index (χ1) is 36.9. The number of fused-ring (bicyclic) bond motifs is 10. The van der Waals surface area contributed by atoms with Gasteiger partial charge in [0.25, 0.3) is 0 Å². The molecule has 476 valence electrons. The second kappa shape index (κ2) is 38.5. The van der Waals surface area contributed by atoms with Crippen molar-refractivity contribution in [2.45, 2.75) is 286 Å². The van der Waals surface area contributed by atoms with Crippen LogP contribution < -0.4 is 56.5 Å². The third-order valence-electron chi connectivity index (χ3n) is 24.4. The van der Waals surface area contributed by atoms with Crippen LogP contribution in [0.25, 0.3) is 11.5 Å². The maximum atomic E-state index is 12.1. The molecule has 10 aliphatic carbocycles. The first-order valence-corrected chi connectivity index (χ1v) is 33.6. The van der Waals surface area contributed by atoms with Crippen LogP contribution in [0.4, 0.5) is 0 Å². The van der Waals surface area contributed by atoms with Crippen molar-refractivity contribution < 1.29 is 109 Å². The van der Waals surface area contributed by atoms with E-state index in [9.17, 15) is 10.2 Å². The minimum absolute atomic E-state index is 0. The van der Waals surface area contributed by atoms with Gasteiger partial charge in [0.15, 0.2) is 0 Å². The summed E-state index contributed by atoms with van der Waals surface area (Å²) in [7, 11) is 0. The molecule has 0 amide bonds. The van der Waals surface area contributed by atoms with Gasteiger partial charge in [-0.25, -0.2) is 10.5 Å². The zero-order valence-corrected chi connectivity index (χ0v) is 63.2. The second-order valence-corrected chi connectivity index (χ2v) is 30.2. The smallest absolute Gasteiger partial charge is 0.852 e. The van der Waals surface area contributed by atoms with Gasteiger partial charge in [0, 0.05) is 42.1 Å². The molecule has 82 heavy (non-hydrogen) atoms. The van der Waals surface area contributed by atoms with Crippen LogP contribution in [0.3, 0.4) is 0 Å². The Kier molecular flexibility index (Phi) is 38.4. The van der Waals surface area contributed by atoms with E-state index in [0.29, 0.717) is 33.5 Å². The van der Waals surface area contributed by atoms with E-state index in [-0.39, 0.29) is 123 Å². The second-order valence-electron chi connectivity index (χ2n) is 29.8. The number of thiocyanates is 2. The summed E-state index contributed by atoms with van der Waals surface area (Å²) in [6.07, 6.45) is 43.2. The quantitative estimate of drug-likeness (QED) is 0.0750. The molecule has 10 unspecified atom stereocenters. The minimum atomic E-state index is -0.327. The molecule has 12 heteroatoms. The van der Waals surface area contributed by atoms with Gasteiger partial charge in [0.05, 0.1) is 6.10 Å². The van der Waals surface area contributed by atoms with Crippen molar-refractivity contribution in [2.24, 2.45) is 105 Å². The summed E-state index contributed by atoms with van der Waals surface area (Å²) in [6.45, 7) is 32.9. The molecule has 0 radical (unpaired) electrons. The number of nitrogens with one attached hydrogen (secondary N) is 2. The van der Waals surface area contributed by atoms with Crippen molar-refractivity contribution in [1.82, 2.24) is 0 Å². The number of rotatable bonds is 10. The van der Waals surface area contributed by atoms with Crippen molar-refractivity contribution in [3.05, 3.63) is 48.6 Å². The average molecular weight is 1560 g/mol. The standard InChI is InChI=1S/C27H46O.C27H45O.2C7H13N.2CHNS.K.H2O.2Pt/c2*1-18(2)7-6-8-19(3)23-11-12-24-22-10-9-20-17-21(28)13-15-26(20,4)25(22)14-16-27(23,24)5;2*1-6-4-2-3-5-7(6)8;2*2-1-3;;;;/h9,18-19,21-25,28H,6-8,10-17H2,1-5H3;9,18-19,21-25H,6-8,10-17H2,1-5H3;2*6-8H,1-5H2;2*3H;;1H2;;/q;-1;2*-2;;;+1;;;/p-2/t2*19-,21+,22?,23-,24?,25?,26+,27-;;;;;;;;/m11......../s1. The van der Waals surface area contributed by atoms with Gasteiger partial charge in [0.1, 0.15) is 0 Å². The fourth-order valence-electron chi connectivity index (χ4n) is 19.7. The monoisotopic (exact) mass is 1560 g/mol. The molecule has 0 bridgehead atoms. The van der Waals surface area contributed by atoms with Gasteiger partial charge in [-0.05, 0) is 189 Å². The van der Waals surface area contributed by atoms with Crippen molar-refractivity contribution in [3.63, 3.8) is 0 Å². The Hall–Kier alpha value is 1.71. The Morgan fingerprint density at radius 2 is 0.939 bits per heavy atom. The van der Waals surface area contributed by atoms with Crippen LogP contribution in [0.15, 0.2) is 23.3 Å². The van der Waals surface area contributed by atoms with Crippen molar-refractivity contribution in [1.29, 1.82) is 10.5 Å². The summed E-state index contributed by atoms with van der Waals surface area (Å²) < 4.78 is 0. The normalized spacial score (nSPS) is 39.7. The van der Waals surface area contributed by atoms with Crippen LogP contribution in [0.1, 0.15) is 262 Å². The fraction of sp³-hybridized carbons (Fsp3) is 0.886. The minimum Gasteiger partial charge on any atom is -0.852 e. The Labute approximate surface area is 588 Å². The first-order valence-electron chi connectivity index (χ1n) is 32.8. The predicted molar refractivity (Wildman–Crippen MR) is 336 cm³/mol. The van der Waals surface area contributed by atoms with E-state index in [4.69, 9.17) is 22.0 Å². The summed E-state index contributed by atoms with van der Waals surface area (Å²) in [4.78, 5) is 0. The summed E-state index contributed by atoms with van der Waals surface area (Å²) in [5, 5.41) is 39.3. The number of nitriles is 2. The van der Waals surface area contributed by atoms with Gasteiger partial charge >= 0.3 is 51.4 Å². The summed E-state index contributed by atoms with van der Waals surface area (Å²) in [5.74, 6) is 11.7. The molecular formula is C70H119KN4O3Pt2S2-6. The van der Waals surface area contributed by atoms with E-state index in [2.05, 4.69) is 120 Å². The SMILES string of the molecule is CC(C)CCC[C@@H](C)[C@H]1CCC2C3CC=C4C[C@@H](O)CC[C@]4(C)C3CC[C@@]21C.CC(C)CCC[C@@H](C)[C@H]1CCC2C3CC=C4C[C@@H]([O-])CC[C@]4(C)C3CC[C@@]21C.N#C[S-].N#C[S-].O.[CH2-]C1CCCCC1[NH-].[CH2-]C1CCCCC1[NH-].[K+].[Pt].[Pt]. The third kappa shape index (κ3) is 20.9. The molecule has 5 N–H and O–H groups in total. The summed E-state index contributed by atoms with van der Waals surface area (Å²) >= 11 is 7.40. The average Bonchev–Trinajstić information content (AvgIpc) is 3.94. The largest absolute Gasteiger partial charge is 1.00 e. The van der Waals surface area contributed by atoms with E-state index in [1.54, 1.807) is 11.1 Å². The molecule has 8 saturated carbocycles. The van der Waals surface area contributed by atoms with Crippen LogP contribution in [0.5, 0.6) is 0 Å². The van der Waals surface area contributed by atoms with E-state index >= 15 is 0 Å². The van der Waals surface area contributed by atoms with Crippen LogP contribution in [0.2, 0.25) is 0 Å². The Morgan fingerprint density at radius 1 is 0.573 bits per heavy atom. The van der Waals surface area contributed by atoms with Crippen molar-refractivity contribution in [3.8, 4) is 10.8 Å². The van der Waals surface area contributed by atoms with Gasteiger partial charge in [0.2, 0.25) is 0 Å². The van der Waals surface area contributed by atoms with Gasteiger partial charge in [-0.2, -0.15) is 23.9 Å². The van der Waals surface area contributed by atoms with E-state index in [1.807, 2.05) is 0 Å². The molecule has 0 saturated heterocycles. The molecule has 8 fully saturated rings. The first kappa shape index (κ1) is 81.7. The maximum Gasteiger partial charge on any atom is 1.00 e. The molecule has 7 nitrogen and oxygen atoms in total. The van der Waals surface area contributed by atoms with Crippen molar-refractivity contribution >= 4 is 25.3 Å². The molecule has 10 aliphatic rings. The number of allylic oxidation sites excluding steroid dienone is 2. The number of nitrogens with zero attached hydrogens (tertiary/aromatic N) is 2. The maximum absolute atomic E-state index is 12.1. The summed E-state index contributed by atoms with van der Waals surface area (Å²) in [6, 6.07) is 0.285. The Morgan fingerprint density at radius 3 is 1.29 bits per heavy atom. The topological polar surface area (TPSA) is 170 Å². The van der Waals surface area contributed by atoms with Crippen LogP contribution >= 0.6 is 0 Å². The molecule has 0 aromatic rings. The number of aliphatic hydroxyl groups excluding tert-OH is 1. The summed E-state index contributed by atoms with van der Waals surface area (Å²) in [5.41, 5.74) is 19.9. The number of hydrogen-bond donors (Lipinski definition) is 1. The molecule has 20 atom stereocenters. The Bertz CT molecular complexity index is 1810. The molecule has 0 aromatic carbocycles. The van der Waals surface area contributed by atoms with Gasteiger partial charge in [-0.15, -0.1) is 6.10 Å². The molecule has 10 rings (SSSR count). The third-order valence-corrected chi connectivity index (χ3v) is 24.4. The molecule has 0 aromatic heterocycles. The zero-order chi connectivity index (χ0) is 57.6. The molecule has 0 spiro atoms. The fourth-order valence-corrected chi connectivity index (χ4v) is 19.7. The van der Waals surface area contributed by atoms with E-state index in [1.165, 1.54) is 158 Å². The van der Waals surface area contributed by atoms with E-state index in [0.717, 1.165) is 116 Å². The number of hydrogen-bond acceptors (Lipinski definition) is 6. The predicted octanol–water partition coefficient (Wildman–Crippen LogP) is 15.2. The van der Waals surface area contributed by atoms with Gasteiger partial charge in [-0.3, -0.25) is 0 Å². The van der Waals surface area contributed by atoms with E-state index < -0.39 is 0 Å². The zero-order valence-electron chi connectivity index (χ0n) is 53.9. The van der Waals surface area contributed by atoms with Crippen LogP contribution in [-0.2, 0) is 67.4 Å². The van der Waals surface area contributed by atoms with Crippen LogP contribution in [-0.4, -0.2) is 34.9 Å². The molecule has 0 heterocycles. The Balaban J connectivity index is 0.000000580. The number of aliphatic hydroxyl groups is 1. The van der Waals surface area contributed by atoms with Gasteiger partial charge < -0.3 is 66.3 Å².